The summed E-state index contributed by atoms with van der Waals surface area (Å²) in [6, 6.07) is 7.85. The van der Waals surface area contributed by atoms with Gasteiger partial charge < -0.3 is 19.2 Å². The second-order valence-electron chi connectivity index (χ2n) is 7.05. The van der Waals surface area contributed by atoms with E-state index in [1.54, 1.807) is 13.0 Å². The summed E-state index contributed by atoms with van der Waals surface area (Å²) in [6.07, 6.45) is 1.52. The van der Waals surface area contributed by atoms with Gasteiger partial charge in [-0.25, -0.2) is 4.39 Å². The van der Waals surface area contributed by atoms with Gasteiger partial charge in [-0.15, -0.1) is 0 Å². The van der Waals surface area contributed by atoms with E-state index in [0.29, 0.717) is 17.9 Å². The van der Waals surface area contributed by atoms with Crippen molar-refractivity contribution >= 4 is 11.7 Å². The topological polar surface area (TPSA) is 80.0 Å². The van der Waals surface area contributed by atoms with Gasteiger partial charge in [0.15, 0.2) is 11.5 Å². The predicted octanol–water partition coefficient (Wildman–Crippen LogP) is 3.48. The molecule has 0 radical (unpaired) electrons. The maximum Gasteiger partial charge on any atom is 0.290 e. The van der Waals surface area contributed by atoms with Crippen molar-refractivity contribution < 1.29 is 28.2 Å². The molecule has 6 nitrogen and oxygen atoms in total. The Morgan fingerprint density at radius 3 is 2.61 bits per heavy atom. The Labute approximate surface area is 161 Å². The molecule has 4 rings (SSSR count). The number of hydrogen-bond acceptors (Lipinski definition) is 5. The fourth-order valence-corrected chi connectivity index (χ4v) is 3.76. The molecular weight excluding hydrogens is 365 g/mol. The lowest BCUT2D eigenvalue weighted by Crippen LogP contribution is -2.37. The lowest BCUT2D eigenvalue weighted by atomic mass is 9.95. The first-order valence-electron chi connectivity index (χ1n) is 9.18. The Hall–Kier alpha value is -2.93. The zero-order valence-corrected chi connectivity index (χ0v) is 15.4. The zero-order chi connectivity index (χ0) is 19.8. The van der Waals surface area contributed by atoms with Gasteiger partial charge in [0.1, 0.15) is 11.6 Å². The molecule has 2 aliphatic heterocycles. The molecule has 2 atom stereocenters. The number of Topliss-reactive ketones (excluding diaryl/α,β-unsaturated/α-hetero) is 1. The maximum atomic E-state index is 13.4. The van der Waals surface area contributed by atoms with E-state index in [0.717, 1.165) is 12.8 Å². The quantitative estimate of drug-likeness (QED) is 0.797. The summed E-state index contributed by atoms with van der Waals surface area (Å²) in [6.45, 7) is 2.55. The van der Waals surface area contributed by atoms with Crippen molar-refractivity contribution in [2.24, 2.45) is 0 Å². The van der Waals surface area contributed by atoms with Crippen LogP contribution in [0, 0.1) is 12.7 Å². The first-order chi connectivity index (χ1) is 13.5. The zero-order valence-electron chi connectivity index (χ0n) is 15.4. The van der Waals surface area contributed by atoms with Gasteiger partial charge in [0.2, 0.25) is 5.78 Å². The van der Waals surface area contributed by atoms with Crippen LogP contribution in [0.5, 0.6) is 0 Å². The van der Waals surface area contributed by atoms with Gasteiger partial charge in [0.25, 0.3) is 5.91 Å². The average Bonchev–Trinajstić information content (AvgIpc) is 3.40. The second-order valence-corrected chi connectivity index (χ2v) is 7.05. The molecule has 1 fully saturated rings. The van der Waals surface area contributed by atoms with Crippen LogP contribution in [0.1, 0.15) is 40.8 Å². The van der Waals surface area contributed by atoms with E-state index in [2.05, 4.69) is 0 Å². The van der Waals surface area contributed by atoms with Crippen molar-refractivity contribution in [1.82, 2.24) is 4.90 Å². The first kappa shape index (κ1) is 18.4. The number of benzene rings is 1. The number of ketones is 1. The molecule has 146 valence electrons. The Kier molecular flexibility index (Phi) is 4.77. The van der Waals surface area contributed by atoms with Crippen LogP contribution in [0.25, 0.3) is 0 Å². The normalized spacial score (nSPS) is 22.4. The minimum atomic E-state index is -0.838. The summed E-state index contributed by atoms with van der Waals surface area (Å²) in [5.74, 6) is -1.66. The molecule has 1 aromatic carbocycles. The summed E-state index contributed by atoms with van der Waals surface area (Å²) in [5, 5.41) is 10.5. The van der Waals surface area contributed by atoms with Crippen molar-refractivity contribution in [2.75, 3.05) is 13.2 Å². The van der Waals surface area contributed by atoms with Crippen molar-refractivity contribution in [2.45, 2.75) is 31.9 Å². The maximum absolute atomic E-state index is 13.4. The number of nitrogens with zero attached hydrogens (tertiary/aromatic N) is 1. The van der Waals surface area contributed by atoms with Gasteiger partial charge in [-0.2, -0.15) is 0 Å². The third-order valence-corrected chi connectivity index (χ3v) is 5.12. The third kappa shape index (κ3) is 3.22. The number of aryl methyl sites for hydroxylation is 1. The molecule has 7 heteroatoms. The molecule has 1 saturated heterocycles. The minimum Gasteiger partial charge on any atom is -0.503 e. The number of hydrogen-bond donors (Lipinski definition) is 1. The molecule has 0 unspecified atom stereocenters. The van der Waals surface area contributed by atoms with Crippen LogP contribution in [0.15, 0.2) is 52.1 Å². The molecule has 0 bridgehead atoms. The number of rotatable bonds is 5. The first-order valence-corrected chi connectivity index (χ1v) is 9.18. The number of amides is 1. The molecule has 1 amide bonds. The number of ether oxygens (including phenoxy) is 1. The van der Waals surface area contributed by atoms with E-state index in [-0.39, 0.29) is 24.0 Å². The summed E-state index contributed by atoms with van der Waals surface area (Å²) in [4.78, 5) is 27.3. The van der Waals surface area contributed by atoms with Gasteiger partial charge >= 0.3 is 0 Å². The number of furan rings is 1. The number of carbonyl (C=O) groups excluding carboxylic acids is 2. The Balaban J connectivity index is 1.75. The predicted molar refractivity (Wildman–Crippen MR) is 97.3 cm³/mol. The highest BCUT2D eigenvalue weighted by atomic mass is 19.1. The van der Waals surface area contributed by atoms with Crippen molar-refractivity contribution in [3.63, 3.8) is 0 Å². The highest BCUT2D eigenvalue weighted by Gasteiger charge is 2.45. The van der Waals surface area contributed by atoms with Crippen LogP contribution in [0.3, 0.4) is 0 Å². The molecule has 0 saturated carbocycles. The van der Waals surface area contributed by atoms with Gasteiger partial charge in [-0.3, -0.25) is 9.59 Å². The van der Waals surface area contributed by atoms with E-state index < -0.39 is 29.3 Å². The summed E-state index contributed by atoms with van der Waals surface area (Å²) in [5.41, 5.74) is 0.465. The van der Waals surface area contributed by atoms with Gasteiger partial charge in [-0.1, -0.05) is 12.1 Å². The molecule has 1 N–H and O–H groups in total. The Bertz CT molecular complexity index is 940. The largest absolute Gasteiger partial charge is 0.503 e. The van der Waals surface area contributed by atoms with Crippen LogP contribution in [-0.4, -0.2) is 41.0 Å². The number of aliphatic hydroxyl groups excluding tert-OH is 1. The standard InChI is InChI=1S/C21H20FNO5/c1-12-4-9-16(28-12)19(24)17-18(13-5-7-14(22)8-6-13)23(21(26)20(17)25)11-15-3-2-10-27-15/h4-9,15,18,25H,2-3,10-11H2,1H3/t15-,18-/m1/s1. The van der Waals surface area contributed by atoms with Crippen molar-refractivity contribution in [3.05, 3.63) is 70.6 Å². The van der Waals surface area contributed by atoms with Crippen molar-refractivity contribution in [1.29, 1.82) is 0 Å². The van der Waals surface area contributed by atoms with Crippen molar-refractivity contribution in [3.8, 4) is 0 Å². The minimum absolute atomic E-state index is 0.0397. The SMILES string of the molecule is Cc1ccc(C(=O)C2=C(O)C(=O)N(C[C@H]3CCCO3)[C@@H]2c2ccc(F)cc2)o1. The number of halogens is 1. The second kappa shape index (κ2) is 7.24. The molecule has 28 heavy (non-hydrogen) atoms. The Morgan fingerprint density at radius 1 is 1.25 bits per heavy atom. The highest BCUT2D eigenvalue weighted by Crippen LogP contribution is 2.39. The van der Waals surface area contributed by atoms with E-state index in [1.807, 2.05) is 0 Å². The van der Waals surface area contributed by atoms with E-state index in [4.69, 9.17) is 9.15 Å². The smallest absolute Gasteiger partial charge is 0.290 e. The summed E-state index contributed by atoms with van der Waals surface area (Å²) >= 11 is 0. The molecular formula is C21H20FNO5. The van der Waals surface area contributed by atoms with Gasteiger partial charge in [-0.05, 0) is 49.6 Å². The van der Waals surface area contributed by atoms with Crippen LogP contribution in [0.2, 0.25) is 0 Å². The average molecular weight is 385 g/mol. The van der Waals surface area contributed by atoms with Crippen LogP contribution in [0.4, 0.5) is 4.39 Å². The molecule has 0 spiro atoms. The fraction of sp³-hybridized carbons (Fsp3) is 0.333. The van der Waals surface area contributed by atoms with Crippen LogP contribution in [-0.2, 0) is 9.53 Å². The van der Waals surface area contributed by atoms with Gasteiger partial charge in [0, 0.05) is 13.2 Å². The van der Waals surface area contributed by atoms with Gasteiger partial charge in [0.05, 0.1) is 17.7 Å². The lowest BCUT2D eigenvalue weighted by Gasteiger charge is -2.28. The highest BCUT2D eigenvalue weighted by molar-refractivity contribution is 6.15. The lowest BCUT2D eigenvalue weighted by molar-refractivity contribution is -0.131. The van der Waals surface area contributed by atoms with Crippen LogP contribution < -0.4 is 0 Å². The molecule has 2 aliphatic rings. The number of aliphatic hydroxyl groups is 1. The van der Waals surface area contributed by atoms with E-state index >= 15 is 0 Å². The molecule has 3 heterocycles. The summed E-state index contributed by atoms with van der Waals surface area (Å²) in [7, 11) is 0. The molecule has 0 aliphatic carbocycles. The van der Waals surface area contributed by atoms with Crippen LogP contribution >= 0.6 is 0 Å². The third-order valence-electron chi connectivity index (χ3n) is 5.12. The molecule has 2 aromatic rings. The monoisotopic (exact) mass is 385 g/mol. The van der Waals surface area contributed by atoms with E-state index in [1.165, 1.54) is 35.2 Å². The Morgan fingerprint density at radius 2 is 2.00 bits per heavy atom. The van der Waals surface area contributed by atoms with E-state index in [9.17, 15) is 19.1 Å². The fourth-order valence-electron chi connectivity index (χ4n) is 3.76. The molecule has 1 aromatic heterocycles. The summed E-state index contributed by atoms with van der Waals surface area (Å²) < 4.78 is 24.5. The number of carbonyl (C=O) groups is 2.